The number of fused-ring (bicyclic) bond motifs is 1. The Labute approximate surface area is 187 Å². The van der Waals surface area contributed by atoms with Gasteiger partial charge >= 0.3 is 0 Å². The van der Waals surface area contributed by atoms with E-state index in [0.29, 0.717) is 31.1 Å². The van der Waals surface area contributed by atoms with Gasteiger partial charge < -0.3 is 4.90 Å². The van der Waals surface area contributed by atoms with E-state index in [1.807, 2.05) is 56.3 Å². The van der Waals surface area contributed by atoms with Crippen LogP contribution in [0.5, 0.6) is 0 Å². The van der Waals surface area contributed by atoms with Gasteiger partial charge in [0.15, 0.2) is 5.65 Å². The second-order valence-corrected chi connectivity index (χ2v) is 9.89. The van der Waals surface area contributed by atoms with E-state index in [4.69, 9.17) is 0 Å². The van der Waals surface area contributed by atoms with Gasteiger partial charge in [0, 0.05) is 26.2 Å². The van der Waals surface area contributed by atoms with Crippen LogP contribution in [0.3, 0.4) is 0 Å². The molecule has 0 aliphatic carbocycles. The fourth-order valence-electron chi connectivity index (χ4n) is 4.21. The fourth-order valence-corrected chi connectivity index (χ4v) is 5.84. The van der Waals surface area contributed by atoms with Gasteiger partial charge in [-0.1, -0.05) is 35.9 Å². The van der Waals surface area contributed by atoms with Crippen molar-refractivity contribution in [3.63, 3.8) is 0 Å². The Morgan fingerprint density at radius 3 is 2.38 bits per heavy atom. The molecule has 0 atom stereocenters. The maximum Gasteiger partial charge on any atom is 0.243 e. The SMILES string of the molecule is Cc1ccc(S(=O)(=O)N2CCN(c3ncnc4c3cnn4-c3ccccc3)CC2)c(C)c1. The molecule has 0 unspecified atom stereocenters. The topological polar surface area (TPSA) is 84.2 Å². The summed E-state index contributed by atoms with van der Waals surface area (Å²) in [6.45, 7) is 5.70. The van der Waals surface area contributed by atoms with Crippen LogP contribution in [0.15, 0.2) is 66.0 Å². The number of sulfonamides is 1. The number of para-hydroxylation sites is 1. The average molecular weight is 449 g/mol. The van der Waals surface area contributed by atoms with Gasteiger partial charge in [-0.25, -0.2) is 23.1 Å². The summed E-state index contributed by atoms with van der Waals surface area (Å²) in [7, 11) is -3.53. The fraction of sp³-hybridized carbons (Fsp3) is 0.261. The van der Waals surface area contributed by atoms with Crippen molar-refractivity contribution in [3.8, 4) is 5.69 Å². The van der Waals surface area contributed by atoms with Crippen molar-refractivity contribution in [3.05, 3.63) is 72.2 Å². The molecule has 3 heterocycles. The van der Waals surface area contributed by atoms with Crippen LogP contribution < -0.4 is 4.90 Å². The molecule has 0 radical (unpaired) electrons. The number of hydrogen-bond donors (Lipinski definition) is 0. The summed E-state index contributed by atoms with van der Waals surface area (Å²) < 4.78 is 29.8. The van der Waals surface area contributed by atoms with Gasteiger partial charge in [-0.05, 0) is 37.6 Å². The van der Waals surface area contributed by atoms with Crippen molar-refractivity contribution in [1.29, 1.82) is 0 Å². The molecule has 1 aliphatic rings. The quantitative estimate of drug-likeness (QED) is 0.477. The average Bonchev–Trinajstić information content (AvgIpc) is 3.24. The molecule has 164 valence electrons. The van der Waals surface area contributed by atoms with E-state index in [9.17, 15) is 8.42 Å². The van der Waals surface area contributed by atoms with E-state index >= 15 is 0 Å². The molecule has 8 nitrogen and oxygen atoms in total. The summed E-state index contributed by atoms with van der Waals surface area (Å²) in [5.41, 5.74) is 3.48. The molecule has 2 aromatic carbocycles. The number of hydrogen-bond acceptors (Lipinski definition) is 6. The van der Waals surface area contributed by atoms with Crippen LogP contribution in [0, 0.1) is 13.8 Å². The third-order valence-electron chi connectivity index (χ3n) is 5.83. The third-order valence-corrected chi connectivity index (χ3v) is 7.89. The molecule has 1 fully saturated rings. The predicted molar refractivity (Wildman–Crippen MR) is 124 cm³/mol. The number of aromatic nitrogens is 4. The molecule has 5 rings (SSSR count). The van der Waals surface area contributed by atoms with Crippen LogP contribution >= 0.6 is 0 Å². The van der Waals surface area contributed by atoms with Gasteiger partial charge in [0.25, 0.3) is 0 Å². The molecule has 1 saturated heterocycles. The van der Waals surface area contributed by atoms with E-state index in [1.165, 1.54) is 6.33 Å². The van der Waals surface area contributed by atoms with E-state index in [-0.39, 0.29) is 0 Å². The molecule has 0 amide bonds. The summed E-state index contributed by atoms with van der Waals surface area (Å²) in [6, 6.07) is 15.3. The number of rotatable bonds is 4. The van der Waals surface area contributed by atoms with Crippen molar-refractivity contribution in [2.24, 2.45) is 0 Å². The molecule has 4 aromatic rings. The second kappa shape index (κ2) is 7.99. The highest BCUT2D eigenvalue weighted by Gasteiger charge is 2.30. The van der Waals surface area contributed by atoms with Crippen LogP contribution in [0.4, 0.5) is 5.82 Å². The molecule has 0 N–H and O–H groups in total. The number of nitrogens with zero attached hydrogens (tertiary/aromatic N) is 6. The Morgan fingerprint density at radius 2 is 1.66 bits per heavy atom. The predicted octanol–water partition coefficient (Wildman–Crippen LogP) is 2.94. The lowest BCUT2D eigenvalue weighted by Gasteiger charge is -2.35. The first-order chi connectivity index (χ1) is 15.4. The smallest absolute Gasteiger partial charge is 0.243 e. The molecule has 0 saturated carbocycles. The Morgan fingerprint density at radius 1 is 0.906 bits per heavy atom. The van der Waals surface area contributed by atoms with Gasteiger partial charge in [0.2, 0.25) is 10.0 Å². The van der Waals surface area contributed by atoms with Crippen molar-refractivity contribution in [2.75, 3.05) is 31.1 Å². The van der Waals surface area contributed by atoms with Gasteiger partial charge in [0.1, 0.15) is 12.1 Å². The Balaban J connectivity index is 1.39. The normalized spacial score (nSPS) is 15.4. The zero-order valence-electron chi connectivity index (χ0n) is 18.0. The molecule has 0 bridgehead atoms. The number of benzene rings is 2. The van der Waals surface area contributed by atoms with Crippen LogP contribution in [-0.2, 0) is 10.0 Å². The molecule has 2 aromatic heterocycles. The zero-order chi connectivity index (χ0) is 22.3. The first kappa shape index (κ1) is 20.6. The standard InChI is InChI=1S/C23H24N6O2S/c1-17-8-9-21(18(2)14-17)32(30,31)28-12-10-27(11-13-28)22-20-15-26-29(23(20)25-16-24-22)19-6-4-3-5-7-19/h3-9,14-16H,10-13H2,1-2H3. The van der Waals surface area contributed by atoms with Crippen molar-refractivity contribution in [2.45, 2.75) is 18.7 Å². The molecular formula is C23H24N6O2S. The minimum Gasteiger partial charge on any atom is -0.353 e. The maximum absolute atomic E-state index is 13.2. The van der Waals surface area contributed by atoms with Gasteiger partial charge in [0.05, 0.1) is 22.2 Å². The zero-order valence-corrected chi connectivity index (χ0v) is 18.8. The summed E-state index contributed by atoms with van der Waals surface area (Å²) in [6.07, 6.45) is 3.31. The highest BCUT2D eigenvalue weighted by Crippen LogP contribution is 2.27. The van der Waals surface area contributed by atoms with E-state index in [2.05, 4.69) is 20.0 Å². The number of aryl methyl sites for hydroxylation is 2. The minimum absolute atomic E-state index is 0.380. The van der Waals surface area contributed by atoms with Crippen molar-refractivity contribution < 1.29 is 8.42 Å². The second-order valence-electron chi connectivity index (χ2n) is 7.99. The van der Waals surface area contributed by atoms with Gasteiger partial charge in [-0.2, -0.15) is 9.40 Å². The van der Waals surface area contributed by atoms with E-state index in [0.717, 1.165) is 33.7 Å². The molecule has 32 heavy (non-hydrogen) atoms. The van der Waals surface area contributed by atoms with Gasteiger partial charge in [-0.15, -0.1) is 0 Å². The van der Waals surface area contributed by atoms with E-state index < -0.39 is 10.0 Å². The highest BCUT2D eigenvalue weighted by molar-refractivity contribution is 7.89. The monoisotopic (exact) mass is 448 g/mol. The maximum atomic E-state index is 13.2. The lowest BCUT2D eigenvalue weighted by Crippen LogP contribution is -2.49. The number of anilines is 1. The first-order valence-electron chi connectivity index (χ1n) is 10.5. The lowest BCUT2D eigenvalue weighted by molar-refractivity contribution is 0.384. The summed E-state index contributed by atoms with van der Waals surface area (Å²) in [5.74, 6) is 0.778. The van der Waals surface area contributed by atoms with Crippen LogP contribution in [0.25, 0.3) is 16.7 Å². The summed E-state index contributed by atoms with van der Waals surface area (Å²) in [5, 5.41) is 5.36. The van der Waals surface area contributed by atoms with Crippen molar-refractivity contribution >= 4 is 26.9 Å². The molecule has 0 spiro atoms. The van der Waals surface area contributed by atoms with Crippen molar-refractivity contribution in [1.82, 2.24) is 24.1 Å². The Hall–Kier alpha value is -3.30. The molecular weight excluding hydrogens is 424 g/mol. The lowest BCUT2D eigenvalue weighted by atomic mass is 10.2. The third kappa shape index (κ3) is 3.53. The van der Waals surface area contributed by atoms with Crippen LogP contribution in [0.1, 0.15) is 11.1 Å². The van der Waals surface area contributed by atoms with Crippen LogP contribution in [-0.4, -0.2) is 58.7 Å². The molecule has 1 aliphatic heterocycles. The summed E-state index contributed by atoms with van der Waals surface area (Å²) in [4.78, 5) is 11.4. The largest absolute Gasteiger partial charge is 0.353 e. The first-order valence-corrected chi connectivity index (χ1v) is 12.0. The number of piperazine rings is 1. The Bertz CT molecular complexity index is 1380. The summed E-state index contributed by atoms with van der Waals surface area (Å²) >= 11 is 0. The molecule has 9 heteroatoms. The van der Waals surface area contributed by atoms with Gasteiger partial charge in [-0.3, -0.25) is 0 Å². The Kier molecular flexibility index (Phi) is 5.15. The minimum atomic E-state index is -3.53. The van der Waals surface area contributed by atoms with Crippen LogP contribution in [0.2, 0.25) is 0 Å². The van der Waals surface area contributed by atoms with E-state index in [1.54, 1.807) is 21.3 Å². The highest BCUT2D eigenvalue weighted by atomic mass is 32.2.